The number of aryl methyl sites for hydroxylation is 2. The summed E-state index contributed by atoms with van der Waals surface area (Å²) in [6.45, 7) is 6.53. The molecule has 2 rings (SSSR count). The van der Waals surface area contributed by atoms with Crippen molar-refractivity contribution in [2.45, 2.75) is 52.2 Å². The van der Waals surface area contributed by atoms with E-state index in [9.17, 15) is 9.90 Å². The normalized spacial score (nSPS) is 21.3. The van der Waals surface area contributed by atoms with Crippen LogP contribution >= 0.6 is 0 Å². The van der Waals surface area contributed by atoms with Gasteiger partial charge in [0.25, 0.3) is 5.91 Å². The molecule has 0 aliphatic carbocycles. The van der Waals surface area contributed by atoms with Gasteiger partial charge in [0.2, 0.25) is 0 Å². The molecule has 1 aliphatic heterocycles. The van der Waals surface area contributed by atoms with Gasteiger partial charge in [-0.1, -0.05) is 17.7 Å². The van der Waals surface area contributed by atoms with E-state index in [1.54, 1.807) is 6.92 Å². The minimum atomic E-state index is -0.463. The largest absolute Gasteiger partial charge is 0.391 e. The zero-order chi connectivity index (χ0) is 14.0. The number of benzene rings is 1. The molecular formula is C16H23NO2. The fourth-order valence-electron chi connectivity index (χ4n) is 2.92. The zero-order valence-electron chi connectivity index (χ0n) is 12.0. The Kier molecular flexibility index (Phi) is 4.25. The summed E-state index contributed by atoms with van der Waals surface area (Å²) >= 11 is 0. The molecule has 1 aromatic rings. The van der Waals surface area contributed by atoms with E-state index < -0.39 is 6.10 Å². The van der Waals surface area contributed by atoms with Crippen molar-refractivity contribution in [2.24, 2.45) is 0 Å². The standard InChI is InChI=1S/C16H23NO2/c1-11-7-8-14(12(2)10-11)16(19)17-9-5-4-6-15(17)13(3)18/h7-8,10,13,15,18H,4-6,9H2,1-3H3. The highest BCUT2D eigenvalue weighted by molar-refractivity contribution is 5.96. The van der Waals surface area contributed by atoms with Gasteiger partial charge in [0, 0.05) is 12.1 Å². The van der Waals surface area contributed by atoms with Gasteiger partial charge in [-0.05, 0) is 51.7 Å². The van der Waals surface area contributed by atoms with Crippen LogP contribution in [-0.2, 0) is 0 Å². The van der Waals surface area contributed by atoms with E-state index in [2.05, 4.69) is 0 Å². The van der Waals surface area contributed by atoms with Gasteiger partial charge < -0.3 is 10.0 Å². The molecule has 0 saturated carbocycles. The molecule has 19 heavy (non-hydrogen) atoms. The quantitative estimate of drug-likeness (QED) is 0.889. The van der Waals surface area contributed by atoms with Gasteiger partial charge in [-0.3, -0.25) is 4.79 Å². The average Bonchev–Trinajstić information content (AvgIpc) is 2.38. The van der Waals surface area contributed by atoms with Crippen LogP contribution in [0, 0.1) is 13.8 Å². The van der Waals surface area contributed by atoms with Crippen molar-refractivity contribution >= 4 is 5.91 Å². The van der Waals surface area contributed by atoms with E-state index in [-0.39, 0.29) is 11.9 Å². The molecule has 1 heterocycles. The second-order valence-electron chi connectivity index (χ2n) is 5.62. The number of likely N-dealkylation sites (tertiary alicyclic amines) is 1. The summed E-state index contributed by atoms with van der Waals surface area (Å²) in [6, 6.07) is 5.87. The van der Waals surface area contributed by atoms with Crippen molar-refractivity contribution in [3.05, 3.63) is 34.9 Å². The van der Waals surface area contributed by atoms with Gasteiger partial charge >= 0.3 is 0 Å². The third-order valence-electron chi connectivity index (χ3n) is 3.98. The minimum absolute atomic E-state index is 0.0399. The van der Waals surface area contributed by atoms with Crippen molar-refractivity contribution in [1.82, 2.24) is 4.90 Å². The highest BCUT2D eigenvalue weighted by Gasteiger charge is 2.30. The number of piperidine rings is 1. The number of hydrogen-bond acceptors (Lipinski definition) is 2. The summed E-state index contributed by atoms with van der Waals surface area (Å²) in [6.07, 6.45) is 2.55. The Morgan fingerprint density at radius 2 is 2.11 bits per heavy atom. The van der Waals surface area contributed by atoms with Crippen molar-refractivity contribution in [3.8, 4) is 0 Å². The third-order valence-corrected chi connectivity index (χ3v) is 3.98. The number of aliphatic hydroxyl groups is 1. The smallest absolute Gasteiger partial charge is 0.254 e. The first-order chi connectivity index (χ1) is 9.00. The molecular weight excluding hydrogens is 238 g/mol. The predicted octanol–water partition coefficient (Wildman–Crippen LogP) is 2.68. The number of aliphatic hydroxyl groups excluding tert-OH is 1. The molecule has 0 radical (unpaired) electrons. The summed E-state index contributed by atoms with van der Waals surface area (Å²) in [4.78, 5) is 14.5. The van der Waals surface area contributed by atoms with Gasteiger partial charge in [-0.25, -0.2) is 0 Å². The van der Waals surface area contributed by atoms with Crippen molar-refractivity contribution in [2.75, 3.05) is 6.54 Å². The Bertz CT molecular complexity index is 468. The monoisotopic (exact) mass is 261 g/mol. The van der Waals surface area contributed by atoms with Crippen LogP contribution in [0.25, 0.3) is 0 Å². The second kappa shape index (κ2) is 5.74. The molecule has 1 aliphatic rings. The topological polar surface area (TPSA) is 40.5 Å². The highest BCUT2D eigenvalue weighted by atomic mass is 16.3. The van der Waals surface area contributed by atoms with E-state index in [4.69, 9.17) is 0 Å². The van der Waals surface area contributed by atoms with Crippen molar-refractivity contribution in [1.29, 1.82) is 0 Å². The molecule has 1 amide bonds. The SMILES string of the molecule is Cc1ccc(C(=O)N2CCCCC2C(C)O)c(C)c1. The first-order valence-corrected chi connectivity index (χ1v) is 7.07. The van der Waals surface area contributed by atoms with Crippen molar-refractivity contribution in [3.63, 3.8) is 0 Å². The van der Waals surface area contributed by atoms with Gasteiger partial charge in [-0.15, -0.1) is 0 Å². The summed E-state index contributed by atoms with van der Waals surface area (Å²) < 4.78 is 0. The molecule has 3 heteroatoms. The van der Waals surface area contributed by atoms with Crippen LogP contribution in [0.3, 0.4) is 0 Å². The molecule has 1 saturated heterocycles. The molecule has 0 spiro atoms. The minimum Gasteiger partial charge on any atom is -0.391 e. The number of nitrogens with zero attached hydrogens (tertiary/aromatic N) is 1. The van der Waals surface area contributed by atoms with Crippen LogP contribution in [-0.4, -0.2) is 34.6 Å². The van der Waals surface area contributed by atoms with E-state index in [0.29, 0.717) is 0 Å². The number of rotatable bonds is 2. The summed E-state index contributed by atoms with van der Waals surface area (Å²) in [7, 11) is 0. The molecule has 2 atom stereocenters. The van der Waals surface area contributed by atoms with Crippen LogP contribution < -0.4 is 0 Å². The first kappa shape index (κ1) is 14.1. The molecule has 1 aromatic carbocycles. The summed E-state index contributed by atoms with van der Waals surface area (Å²) in [5.41, 5.74) is 2.94. The van der Waals surface area contributed by atoms with Crippen LogP contribution in [0.2, 0.25) is 0 Å². The fourth-order valence-corrected chi connectivity index (χ4v) is 2.92. The Labute approximate surface area is 115 Å². The highest BCUT2D eigenvalue weighted by Crippen LogP contribution is 2.23. The van der Waals surface area contributed by atoms with Crippen LogP contribution in [0.4, 0.5) is 0 Å². The maximum absolute atomic E-state index is 12.7. The Morgan fingerprint density at radius 1 is 1.37 bits per heavy atom. The van der Waals surface area contributed by atoms with E-state index >= 15 is 0 Å². The lowest BCUT2D eigenvalue weighted by atomic mass is 9.96. The number of amides is 1. The second-order valence-corrected chi connectivity index (χ2v) is 5.62. The van der Waals surface area contributed by atoms with Crippen LogP contribution in [0.15, 0.2) is 18.2 Å². The summed E-state index contributed by atoms with van der Waals surface area (Å²) in [5.74, 6) is 0.0584. The molecule has 104 valence electrons. The first-order valence-electron chi connectivity index (χ1n) is 7.07. The lowest BCUT2D eigenvalue weighted by molar-refractivity contribution is 0.0280. The Morgan fingerprint density at radius 3 is 2.74 bits per heavy atom. The van der Waals surface area contributed by atoms with Gasteiger partial charge in [0.05, 0.1) is 12.1 Å². The lowest BCUT2D eigenvalue weighted by Gasteiger charge is -2.37. The molecule has 3 nitrogen and oxygen atoms in total. The van der Waals surface area contributed by atoms with E-state index in [0.717, 1.165) is 36.9 Å². The molecule has 0 bridgehead atoms. The fraction of sp³-hybridized carbons (Fsp3) is 0.562. The Hall–Kier alpha value is -1.35. The molecule has 2 unspecified atom stereocenters. The van der Waals surface area contributed by atoms with E-state index in [1.807, 2.05) is 36.9 Å². The predicted molar refractivity (Wildman–Crippen MR) is 76.3 cm³/mol. The Balaban J connectivity index is 2.26. The molecule has 0 aromatic heterocycles. The average molecular weight is 261 g/mol. The van der Waals surface area contributed by atoms with E-state index in [1.165, 1.54) is 5.56 Å². The van der Waals surface area contributed by atoms with Gasteiger partial charge in [0.1, 0.15) is 0 Å². The van der Waals surface area contributed by atoms with Gasteiger partial charge in [0.15, 0.2) is 0 Å². The molecule has 1 fully saturated rings. The summed E-state index contributed by atoms with van der Waals surface area (Å²) in [5, 5.41) is 9.86. The van der Waals surface area contributed by atoms with Crippen LogP contribution in [0.5, 0.6) is 0 Å². The zero-order valence-corrected chi connectivity index (χ0v) is 12.0. The number of carbonyl (C=O) groups is 1. The van der Waals surface area contributed by atoms with Crippen LogP contribution in [0.1, 0.15) is 47.7 Å². The number of hydrogen-bond donors (Lipinski definition) is 1. The maximum Gasteiger partial charge on any atom is 0.254 e. The molecule has 1 N–H and O–H groups in total. The maximum atomic E-state index is 12.7. The number of carbonyl (C=O) groups excluding carboxylic acids is 1. The third kappa shape index (κ3) is 2.98. The van der Waals surface area contributed by atoms with Crippen molar-refractivity contribution < 1.29 is 9.90 Å². The lowest BCUT2D eigenvalue weighted by Crippen LogP contribution is -2.49. The van der Waals surface area contributed by atoms with Gasteiger partial charge in [-0.2, -0.15) is 0 Å².